The van der Waals surface area contributed by atoms with Crippen molar-refractivity contribution in [2.24, 2.45) is 0 Å². The predicted molar refractivity (Wildman–Crippen MR) is 122 cm³/mol. The second kappa shape index (κ2) is 14.4. The molecule has 0 aliphatic carbocycles. The van der Waals surface area contributed by atoms with Crippen molar-refractivity contribution in [2.75, 3.05) is 39.6 Å². The average Bonchev–Trinajstić information content (AvgIpc) is 2.59. The molecule has 0 amide bonds. The Morgan fingerprint density at radius 3 is 1.72 bits per heavy atom. The highest BCUT2D eigenvalue weighted by atomic mass is 29.6. The molecule has 0 radical (unpaired) electrons. The van der Waals surface area contributed by atoms with E-state index in [4.69, 9.17) is 27.9 Å². The van der Waals surface area contributed by atoms with Gasteiger partial charge in [0.25, 0.3) is 0 Å². The number of rotatable bonds is 18. The second-order valence-corrected chi connectivity index (χ2v) is 32.2. The van der Waals surface area contributed by atoms with Gasteiger partial charge >= 0.3 is 24.7 Å². The quantitative estimate of drug-likeness (QED) is 0.217. The fourth-order valence-corrected chi connectivity index (χ4v) is 27.6. The summed E-state index contributed by atoms with van der Waals surface area (Å²) in [4.78, 5) is 0. The molecule has 0 spiro atoms. The lowest BCUT2D eigenvalue weighted by Crippen LogP contribution is -2.54. The summed E-state index contributed by atoms with van der Waals surface area (Å²) in [5, 5.41) is 17.5. The SMILES string of the molecule is C[Si](C)(CCCOCCO)O[Si](C)(C)O[Si](=O)[Si](=O)[Si](C)(C)CCCOCCO. The van der Waals surface area contributed by atoms with Crippen LogP contribution in [0.25, 0.3) is 0 Å². The highest BCUT2D eigenvalue weighted by Gasteiger charge is 2.45. The molecule has 0 aliphatic rings. The van der Waals surface area contributed by atoms with Crippen molar-refractivity contribution in [1.82, 2.24) is 0 Å². The monoisotopic (exact) mass is 500 g/mol. The van der Waals surface area contributed by atoms with E-state index in [0.29, 0.717) is 26.4 Å². The van der Waals surface area contributed by atoms with Crippen LogP contribution in [0.5, 0.6) is 0 Å². The second-order valence-electron chi connectivity index (χ2n) is 8.74. The highest BCUT2D eigenvalue weighted by Crippen LogP contribution is 2.22. The predicted octanol–water partition coefficient (Wildman–Crippen LogP) is 1.93. The van der Waals surface area contributed by atoms with E-state index < -0.39 is 40.6 Å². The first-order valence-electron chi connectivity index (χ1n) is 10.2. The third kappa shape index (κ3) is 14.1. The molecular formula is C16H40O8Si5. The molecule has 172 valence electrons. The summed E-state index contributed by atoms with van der Waals surface area (Å²) in [6.07, 6.45) is 1.59. The van der Waals surface area contributed by atoms with Gasteiger partial charge in [-0.1, -0.05) is 19.1 Å². The maximum Gasteiger partial charge on any atom is 0.525 e. The van der Waals surface area contributed by atoms with E-state index in [0.717, 1.165) is 24.9 Å². The Bertz CT molecular complexity index is 502. The summed E-state index contributed by atoms with van der Waals surface area (Å²) in [5.41, 5.74) is 0. The smallest absolute Gasteiger partial charge is 0.525 e. The third-order valence-corrected chi connectivity index (χ3v) is 30.3. The van der Waals surface area contributed by atoms with Crippen molar-refractivity contribution >= 4 is 40.6 Å². The van der Waals surface area contributed by atoms with Crippen LogP contribution >= 0.6 is 0 Å². The first-order chi connectivity index (χ1) is 13.4. The first-order valence-corrected chi connectivity index (χ1v) is 24.1. The van der Waals surface area contributed by atoms with Crippen LogP contribution < -0.4 is 0 Å². The van der Waals surface area contributed by atoms with Gasteiger partial charge in [0.05, 0.1) is 26.4 Å². The largest absolute Gasteiger partial charge is 0.558 e. The Morgan fingerprint density at radius 1 is 0.759 bits per heavy atom. The van der Waals surface area contributed by atoms with Gasteiger partial charge in [-0.05, 0) is 45.1 Å². The van der Waals surface area contributed by atoms with Crippen molar-refractivity contribution in [3.63, 3.8) is 0 Å². The molecule has 29 heavy (non-hydrogen) atoms. The molecule has 0 saturated carbocycles. The average molecular weight is 501 g/mol. The Labute approximate surface area is 181 Å². The van der Waals surface area contributed by atoms with Crippen molar-refractivity contribution in [3.05, 3.63) is 0 Å². The molecule has 0 rings (SSSR count). The maximum absolute atomic E-state index is 12.9. The number of aliphatic hydroxyl groups is 2. The molecule has 0 atom stereocenters. The van der Waals surface area contributed by atoms with Crippen molar-refractivity contribution in [2.45, 2.75) is 64.2 Å². The Morgan fingerprint density at radius 2 is 1.24 bits per heavy atom. The zero-order valence-corrected chi connectivity index (χ0v) is 23.9. The van der Waals surface area contributed by atoms with Crippen LogP contribution in [0.3, 0.4) is 0 Å². The van der Waals surface area contributed by atoms with Gasteiger partial charge < -0.3 is 36.8 Å². The standard InChI is InChI=1S/C16H40O8Si5/c1-27(2,15-7-11-21-13-9-17)24-29(5,6)23-25(19)26(20)28(3,4)16-8-12-22-14-10-18/h17-18H,7-16H2,1-6H3. The Balaban J connectivity index is 4.55. The van der Waals surface area contributed by atoms with Gasteiger partial charge in [0.15, 0.2) is 8.32 Å². The molecule has 8 nitrogen and oxygen atoms in total. The van der Waals surface area contributed by atoms with Gasteiger partial charge in [-0.15, -0.1) is 0 Å². The zero-order valence-electron chi connectivity index (χ0n) is 18.9. The summed E-state index contributed by atoms with van der Waals surface area (Å²) in [6.45, 7) is 13.7. The molecule has 0 fully saturated rings. The van der Waals surface area contributed by atoms with Crippen molar-refractivity contribution in [3.8, 4) is 0 Å². The molecule has 13 heteroatoms. The summed E-state index contributed by atoms with van der Waals surface area (Å²) < 4.78 is 48.4. The zero-order chi connectivity index (χ0) is 22.6. The molecule has 0 aromatic heterocycles. The molecule has 0 saturated heterocycles. The molecular weight excluding hydrogens is 461 g/mol. The van der Waals surface area contributed by atoms with Crippen LogP contribution in [0.2, 0.25) is 51.4 Å². The van der Waals surface area contributed by atoms with E-state index >= 15 is 0 Å². The maximum atomic E-state index is 12.9. The summed E-state index contributed by atoms with van der Waals surface area (Å²) >= 11 is 0. The lowest BCUT2D eigenvalue weighted by molar-refractivity contribution is 0.0923. The number of ether oxygens (including phenoxy) is 2. The molecule has 0 unspecified atom stereocenters. The minimum atomic E-state index is -2.66. The van der Waals surface area contributed by atoms with Crippen LogP contribution in [0.4, 0.5) is 0 Å². The molecule has 0 heterocycles. The van der Waals surface area contributed by atoms with Crippen LogP contribution in [0.15, 0.2) is 0 Å². The first kappa shape index (κ1) is 29.3. The highest BCUT2D eigenvalue weighted by molar-refractivity contribution is 7.46. The summed E-state index contributed by atoms with van der Waals surface area (Å²) in [6, 6.07) is 1.63. The molecule has 0 bridgehead atoms. The number of hydrogen-bond acceptors (Lipinski definition) is 8. The summed E-state index contributed by atoms with van der Waals surface area (Å²) in [7, 11) is -11.8. The van der Waals surface area contributed by atoms with Gasteiger partial charge in [0, 0.05) is 13.2 Å². The third-order valence-electron chi connectivity index (χ3n) is 4.29. The molecule has 2 N–H and O–H groups in total. The fourth-order valence-electron chi connectivity index (χ4n) is 2.95. The van der Waals surface area contributed by atoms with Crippen LogP contribution in [0, 0.1) is 0 Å². The normalized spacial score (nSPS) is 12.8. The number of aliphatic hydroxyl groups excluding tert-OH is 2. The van der Waals surface area contributed by atoms with E-state index in [-0.39, 0.29) is 13.2 Å². The van der Waals surface area contributed by atoms with Crippen LogP contribution in [-0.2, 0) is 26.6 Å². The van der Waals surface area contributed by atoms with E-state index in [1.54, 1.807) is 0 Å². The minimum Gasteiger partial charge on any atom is -0.558 e. The van der Waals surface area contributed by atoms with E-state index in [2.05, 4.69) is 13.1 Å². The van der Waals surface area contributed by atoms with Gasteiger partial charge in [0.1, 0.15) is 7.59 Å². The van der Waals surface area contributed by atoms with E-state index in [1.165, 1.54) is 0 Å². The fraction of sp³-hybridized carbons (Fsp3) is 1.00. The van der Waals surface area contributed by atoms with E-state index in [1.807, 2.05) is 26.2 Å². The van der Waals surface area contributed by atoms with Gasteiger partial charge in [-0.2, -0.15) is 0 Å². The molecule has 0 aromatic carbocycles. The van der Waals surface area contributed by atoms with Crippen LogP contribution in [-0.4, -0.2) is 90.5 Å². The molecule has 0 aromatic rings. The van der Waals surface area contributed by atoms with Gasteiger partial charge in [0.2, 0.25) is 0 Å². The Kier molecular flexibility index (Phi) is 14.5. The van der Waals surface area contributed by atoms with E-state index in [9.17, 15) is 8.92 Å². The van der Waals surface area contributed by atoms with Crippen molar-refractivity contribution < 1.29 is 36.8 Å². The topological polar surface area (TPSA) is 112 Å². The van der Waals surface area contributed by atoms with Crippen LogP contribution in [0.1, 0.15) is 12.8 Å². The van der Waals surface area contributed by atoms with Crippen molar-refractivity contribution in [1.29, 1.82) is 0 Å². The lowest BCUT2D eigenvalue weighted by Gasteiger charge is -2.33. The minimum absolute atomic E-state index is 0.00593. The number of hydrogen-bond donors (Lipinski definition) is 2. The lowest BCUT2D eigenvalue weighted by atomic mass is 10.5. The Hall–Kier alpha value is 0.284. The molecule has 0 aliphatic heterocycles. The summed E-state index contributed by atoms with van der Waals surface area (Å²) in [5.74, 6) is 0. The van der Waals surface area contributed by atoms with Gasteiger partial charge in [-0.3, -0.25) is 0 Å². The van der Waals surface area contributed by atoms with Gasteiger partial charge in [-0.25, -0.2) is 0 Å².